The molecule has 0 saturated heterocycles. The molecule has 0 aliphatic heterocycles. The summed E-state index contributed by atoms with van der Waals surface area (Å²) < 4.78 is 7.71. The van der Waals surface area contributed by atoms with Crippen molar-refractivity contribution in [3.05, 3.63) is 121 Å². The molecule has 0 spiro atoms. The van der Waals surface area contributed by atoms with Crippen molar-refractivity contribution in [3.8, 4) is 22.3 Å². The summed E-state index contributed by atoms with van der Waals surface area (Å²) in [7, 11) is 0. The molecule has 1 nitrogen and oxygen atoms in total. The van der Waals surface area contributed by atoms with Crippen LogP contribution in [0, 0.1) is 0 Å². The van der Waals surface area contributed by atoms with E-state index in [1.54, 1.807) is 11.3 Å². The Kier molecular flexibility index (Phi) is 4.16. The second-order valence-corrected chi connectivity index (χ2v) is 10.3. The lowest BCUT2D eigenvalue weighted by atomic mass is 9.86. The van der Waals surface area contributed by atoms with Gasteiger partial charge < -0.3 is 4.42 Å². The van der Waals surface area contributed by atoms with E-state index in [0.717, 1.165) is 11.2 Å². The van der Waals surface area contributed by atoms with Crippen LogP contribution in [0.15, 0.2) is 125 Å². The van der Waals surface area contributed by atoms with Crippen LogP contribution in [0.2, 0.25) is 0 Å². The minimum atomic E-state index is 0.931. The van der Waals surface area contributed by atoms with Gasteiger partial charge in [-0.25, -0.2) is 0 Å². The largest absolute Gasteiger partial charge is 0.456 e. The normalized spacial score (nSPS) is 11.9. The second kappa shape index (κ2) is 7.55. The first-order valence-electron chi connectivity index (χ1n) is 12.2. The van der Waals surface area contributed by atoms with Crippen LogP contribution in [0.3, 0.4) is 0 Å². The van der Waals surface area contributed by atoms with Gasteiger partial charge in [0.1, 0.15) is 11.2 Å². The Morgan fingerprint density at radius 3 is 1.75 bits per heavy atom. The van der Waals surface area contributed by atoms with Gasteiger partial charge in [0.2, 0.25) is 0 Å². The predicted octanol–water partition coefficient (Wildman–Crippen LogP) is 10.4. The van der Waals surface area contributed by atoms with Crippen molar-refractivity contribution < 1.29 is 4.42 Å². The van der Waals surface area contributed by atoms with Crippen LogP contribution in [-0.2, 0) is 0 Å². The van der Waals surface area contributed by atoms with Crippen LogP contribution in [0.4, 0.5) is 0 Å². The van der Waals surface area contributed by atoms with Crippen LogP contribution in [-0.4, -0.2) is 0 Å². The summed E-state index contributed by atoms with van der Waals surface area (Å²) in [5, 5.41) is 10.8. The third-order valence-corrected chi connectivity index (χ3v) is 8.21. The molecule has 0 amide bonds. The number of benzene rings is 6. The van der Waals surface area contributed by atoms with E-state index in [4.69, 9.17) is 4.42 Å². The first-order valence-corrected chi connectivity index (χ1v) is 13.1. The number of fused-ring (bicyclic) bond motifs is 6. The molecule has 168 valence electrons. The molecule has 6 aromatic carbocycles. The Morgan fingerprint density at radius 2 is 1.06 bits per heavy atom. The van der Waals surface area contributed by atoms with Crippen LogP contribution >= 0.6 is 11.3 Å². The number of thiophene rings is 1. The molecule has 0 radical (unpaired) electrons. The Labute approximate surface area is 211 Å². The van der Waals surface area contributed by atoms with Crippen LogP contribution < -0.4 is 0 Å². The van der Waals surface area contributed by atoms with Crippen molar-refractivity contribution in [2.45, 2.75) is 0 Å². The molecule has 0 unspecified atom stereocenters. The minimum absolute atomic E-state index is 0.931. The highest BCUT2D eigenvalue weighted by Gasteiger charge is 2.17. The van der Waals surface area contributed by atoms with Crippen molar-refractivity contribution >= 4 is 64.9 Å². The molecule has 0 aliphatic rings. The van der Waals surface area contributed by atoms with E-state index < -0.39 is 0 Å². The van der Waals surface area contributed by atoms with E-state index in [1.807, 2.05) is 0 Å². The maximum absolute atomic E-state index is 6.41. The lowest BCUT2D eigenvalue weighted by molar-refractivity contribution is 0.669. The first kappa shape index (κ1) is 19.9. The number of furan rings is 1. The van der Waals surface area contributed by atoms with Crippen LogP contribution in [0.25, 0.3) is 75.8 Å². The molecule has 0 bridgehead atoms. The fraction of sp³-hybridized carbons (Fsp3) is 0. The molecule has 2 aromatic heterocycles. The monoisotopic (exact) mass is 476 g/mol. The van der Waals surface area contributed by atoms with Crippen molar-refractivity contribution in [1.82, 2.24) is 0 Å². The Hall–Kier alpha value is -4.40. The van der Waals surface area contributed by atoms with Crippen LogP contribution in [0.1, 0.15) is 0 Å². The van der Waals surface area contributed by atoms with E-state index in [9.17, 15) is 0 Å². The summed E-state index contributed by atoms with van der Waals surface area (Å²) in [5.41, 5.74) is 6.84. The molecule has 0 N–H and O–H groups in total. The summed E-state index contributed by atoms with van der Waals surface area (Å²) in [6, 6.07) is 41.6. The zero-order valence-electron chi connectivity index (χ0n) is 19.4. The fourth-order valence-corrected chi connectivity index (χ4v) is 6.55. The summed E-state index contributed by atoms with van der Waals surface area (Å²) in [6.45, 7) is 0. The van der Waals surface area contributed by atoms with Gasteiger partial charge in [0.15, 0.2) is 0 Å². The molecule has 0 saturated carbocycles. The summed E-state index contributed by atoms with van der Waals surface area (Å²) in [6.07, 6.45) is 0. The van der Waals surface area contributed by atoms with Gasteiger partial charge >= 0.3 is 0 Å². The zero-order chi connectivity index (χ0) is 23.6. The third-order valence-electron chi connectivity index (χ3n) is 7.33. The smallest absolute Gasteiger partial charge is 0.136 e. The maximum Gasteiger partial charge on any atom is 0.136 e. The Bertz CT molecular complexity index is 2040. The van der Waals surface area contributed by atoms with E-state index in [1.165, 1.54) is 64.7 Å². The molecule has 0 aliphatic carbocycles. The summed E-state index contributed by atoms with van der Waals surface area (Å²) >= 11 is 1.77. The average Bonchev–Trinajstić information content (AvgIpc) is 3.53. The zero-order valence-corrected chi connectivity index (χ0v) is 20.2. The van der Waals surface area contributed by atoms with Gasteiger partial charge in [0.25, 0.3) is 0 Å². The highest BCUT2D eigenvalue weighted by molar-refractivity contribution is 7.17. The molecule has 36 heavy (non-hydrogen) atoms. The predicted molar refractivity (Wildman–Crippen MR) is 155 cm³/mol. The van der Waals surface area contributed by atoms with Gasteiger partial charge in [-0.15, -0.1) is 11.3 Å². The van der Waals surface area contributed by atoms with E-state index in [-0.39, 0.29) is 0 Å². The highest BCUT2D eigenvalue weighted by Crippen LogP contribution is 2.44. The van der Waals surface area contributed by atoms with Gasteiger partial charge in [0, 0.05) is 15.5 Å². The van der Waals surface area contributed by atoms with Crippen molar-refractivity contribution in [3.63, 3.8) is 0 Å². The molecular formula is C34H20OS. The standard InChI is InChI=1S/C34H20OS/c1-2-8-21(9-3-1)33-25-10-4-6-12-27(25)34(28-13-7-5-11-26(28)33)23-14-15-24-29-20-32-22(16-17-36-32)18-31(29)35-30(24)19-23/h1-20H. The van der Waals surface area contributed by atoms with Crippen LogP contribution in [0.5, 0.6) is 0 Å². The molecule has 0 fully saturated rings. The molecule has 0 atom stereocenters. The van der Waals surface area contributed by atoms with E-state index in [0.29, 0.717) is 0 Å². The van der Waals surface area contributed by atoms with E-state index in [2.05, 4.69) is 121 Å². The Balaban J connectivity index is 1.46. The number of hydrogen-bond donors (Lipinski definition) is 0. The maximum atomic E-state index is 6.41. The van der Waals surface area contributed by atoms with E-state index >= 15 is 0 Å². The topological polar surface area (TPSA) is 13.1 Å². The van der Waals surface area contributed by atoms with Gasteiger partial charge in [0.05, 0.1) is 0 Å². The summed E-state index contributed by atoms with van der Waals surface area (Å²) in [4.78, 5) is 0. The highest BCUT2D eigenvalue weighted by atomic mass is 32.1. The van der Waals surface area contributed by atoms with Gasteiger partial charge in [-0.2, -0.15) is 0 Å². The molecule has 2 heteroatoms. The van der Waals surface area contributed by atoms with Gasteiger partial charge in [-0.05, 0) is 84.9 Å². The number of hydrogen-bond acceptors (Lipinski definition) is 2. The van der Waals surface area contributed by atoms with Crippen molar-refractivity contribution in [1.29, 1.82) is 0 Å². The first-order chi connectivity index (χ1) is 17.8. The van der Waals surface area contributed by atoms with Crippen molar-refractivity contribution in [2.75, 3.05) is 0 Å². The molecular weight excluding hydrogens is 456 g/mol. The average molecular weight is 477 g/mol. The fourth-order valence-electron chi connectivity index (χ4n) is 5.74. The SMILES string of the molecule is c1ccc(-c2c3ccccc3c(-c3ccc4c(c3)oc3cc5ccsc5cc34)c3ccccc23)cc1. The number of rotatable bonds is 2. The molecule has 8 aromatic rings. The molecule has 8 rings (SSSR count). The third kappa shape index (κ3) is 2.82. The van der Waals surface area contributed by atoms with Gasteiger partial charge in [-0.3, -0.25) is 0 Å². The minimum Gasteiger partial charge on any atom is -0.456 e. The lowest BCUT2D eigenvalue weighted by Gasteiger charge is -2.17. The Morgan fingerprint density at radius 1 is 0.444 bits per heavy atom. The molecule has 2 heterocycles. The van der Waals surface area contributed by atoms with Crippen molar-refractivity contribution in [2.24, 2.45) is 0 Å². The second-order valence-electron chi connectivity index (χ2n) is 9.33. The quantitative estimate of drug-likeness (QED) is 0.226. The summed E-state index contributed by atoms with van der Waals surface area (Å²) in [5.74, 6) is 0. The van der Waals surface area contributed by atoms with Gasteiger partial charge in [-0.1, -0.05) is 84.9 Å². The lowest BCUT2D eigenvalue weighted by Crippen LogP contribution is -1.90.